The number of furan rings is 1. The Balaban J connectivity index is 1.61. The molecule has 25 heavy (non-hydrogen) atoms. The number of carbonyl (C=O) groups is 1. The van der Waals surface area contributed by atoms with Crippen LogP contribution < -0.4 is 5.56 Å². The molecule has 126 valence electrons. The Kier molecular flexibility index (Phi) is 3.93. The van der Waals surface area contributed by atoms with Crippen molar-refractivity contribution in [2.45, 2.75) is 25.4 Å². The van der Waals surface area contributed by atoms with E-state index in [0.29, 0.717) is 18.0 Å². The van der Waals surface area contributed by atoms with E-state index in [1.165, 1.54) is 6.26 Å². The number of pyridine rings is 2. The van der Waals surface area contributed by atoms with Crippen molar-refractivity contribution in [2.75, 3.05) is 0 Å². The van der Waals surface area contributed by atoms with Crippen molar-refractivity contribution in [3.8, 4) is 11.5 Å². The number of nitrogens with one attached hydrogen (secondary N) is 1. The standard InChI is InChI=1S/C19H17N3O3/c23-18-15(8-9-16(21-18)17-5-3-11-25-17)19(24)22(14-6-7-14)12-13-4-1-2-10-20-13/h1-5,8-11,14H,6-7,12H2,(H,21,23). The van der Waals surface area contributed by atoms with Crippen LogP contribution in [0.2, 0.25) is 0 Å². The molecule has 3 aromatic rings. The van der Waals surface area contributed by atoms with Crippen LogP contribution in [-0.2, 0) is 6.54 Å². The number of aromatic nitrogens is 2. The SMILES string of the molecule is O=C(c1ccc(-c2ccco2)[nH]c1=O)N(Cc1ccccn1)C1CC1. The van der Waals surface area contributed by atoms with E-state index in [1.54, 1.807) is 35.4 Å². The summed E-state index contributed by atoms with van der Waals surface area (Å²) < 4.78 is 5.28. The summed E-state index contributed by atoms with van der Waals surface area (Å²) in [5.41, 5.74) is 1.09. The Hall–Kier alpha value is -3.15. The number of amides is 1. The number of aromatic amines is 1. The van der Waals surface area contributed by atoms with Gasteiger partial charge in [0.15, 0.2) is 0 Å². The molecule has 0 aromatic carbocycles. The Bertz CT molecular complexity index is 928. The average molecular weight is 335 g/mol. The molecule has 0 radical (unpaired) electrons. The number of H-pyrrole nitrogens is 1. The van der Waals surface area contributed by atoms with Gasteiger partial charge < -0.3 is 14.3 Å². The maximum atomic E-state index is 12.9. The average Bonchev–Trinajstić information content (AvgIpc) is 3.33. The fourth-order valence-electron chi connectivity index (χ4n) is 2.79. The van der Waals surface area contributed by atoms with Crippen LogP contribution in [0, 0.1) is 0 Å². The van der Waals surface area contributed by atoms with Gasteiger partial charge in [-0.1, -0.05) is 6.07 Å². The predicted molar refractivity (Wildman–Crippen MR) is 91.9 cm³/mol. The molecular weight excluding hydrogens is 318 g/mol. The van der Waals surface area contributed by atoms with E-state index in [9.17, 15) is 9.59 Å². The van der Waals surface area contributed by atoms with Crippen molar-refractivity contribution in [1.82, 2.24) is 14.9 Å². The topological polar surface area (TPSA) is 79.2 Å². The molecule has 1 N–H and O–H groups in total. The normalized spacial score (nSPS) is 13.6. The maximum Gasteiger partial charge on any atom is 0.261 e. The lowest BCUT2D eigenvalue weighted by molar-refractivity contribution is 0.0726. The summed E-state index contributed by atoms with van der Waals surface area (Å²) in [4.78, 5) is 34.1. The first-order valence-corrected chi connectivity index (χ1v) is 8.20. The molecular formula is C19H17N3O3. The molecule has 6 nitrogen and oxygen atoms in total. The van der Waals surface area contributed by atoms with E-state index < -0.39 is 5.56 Å². The van der Waals surface area contributed by atoms with Crippen LogP contribution >= 0.6 is 0 Å². The molecule has 0 aliphatic heterocycles. The van der Waals surface area contributed by atoms with E-state index in [2.05, 4.69) is 9.97 Å². The van der Waals surface area contributed by atoms with Crippen LogP contribution in [0.1, 0.15) is 28.9 Å². The molecule has 0 unspecified atom stereocenters. The van der Waals surface area contributed by atoms with Crippen molar-refractivity contribution in [3.63, 3.8) is 0 Å². The van der Waals surface area contributed by atoms with Crippen LogP contribution in [0.25, 0.3) is 11.5 Å². The van der Waals surface area contributed by atoms with Crippen LogP contribution in [-0.4, -0.2) is 26.8 Å². The van der Waals surface area contributed by atoms with Gasteiger partial charge in [-0.2, -0.15) is 0 Å². The Morgan fingerprint density at radius 1 is 1.20 bits per heavy atom. The summed E-state index contributed by atoms with van der Waals surface area (Å²) in [5.74, 6) is 0.295. The molecule has 0 bridgehead atoms. The second-order valence-corrected chi connectivity index (χ2v) is 6.08. The highest BCUT2D eigenvalue weighted by molar-refractivity contribution is 5.94. The molecule has 0 atom stereocenters. The molecule has 1 amide bonds. The first-order chi connectivity index (χ1) is 12.2. The third-order valence-corrected chi connectivity index (χ3v) is 4.23. The van der Waals surface area contributed by atoms with Crippen molar-refractivity contribution < 1.29 is 9.21 Å². The number of nitrogens with zero attached hydrogens (tertiary/aromatic N) is 2. The summed E-state index contributed by atoms with van der Waals surface area (Å²) in [5, 5.41) is 0. The zero-order chi connectivity index (χ0) is 17.2. The van der Waals surface area contributed by atoms with Crippen LogP contribution in [0.5, 0.6) is 0 Å². The Morgan fingerprint density at radius 3 is 2.72 bits per heavy atom. The third-order valence-electron chi connectivity index (χ3n) is 4.23. The smallest absolute Gasteiger partial charge is 0.261 e. The summed E-state index contributed by atoms with van der Waals surface area (Å²) in [6, 6.07) is 12.5. The molecule has 3 heterocycles. The monoisotopic (exact) mass is 335 g/mol. The number of hydrogen-bond donors (Lipinski definition) is 1. The molecule has 1 saturated carbocycles. The molecule has 0 saturated heterocycles. The summed E-state index contributed by atoms with van der Waals surface area (Å²) >= 11 is 0. The second-order valence-electron chi connectivity index (χ2n) is 6.08. The number of rotatable bonds is 5. The van der Waals surface area contributed by atoms with Gasteiger partial charge in [0, 0.05) is 12.2 Å². The van der Waals surface area contributed by atoms with Gasteiger partial charge in [-0.25, -0.2) is 0 Å². The maximum absolute atomic E-state index is 12.9. The lowest BCUT2D eigenvalue weighted by atomic mass is 10.2. The van der Waals surface area contributed by atoms with Gasteiger partial charge in [0.2, 0.25) is 0 Å². The van der Waals surface area contributed by atoms with E-state index in [1.807, 2.05) is 18.2 Å². The van der Waals surface area contributed by atoms with E-state index in [0.717, 1.165) is 18.5 Å². The largest absolute Gasteiger partial charge is 0.463 e. The highest BCUT2D eigenvalue weighted by Gasteiger charge is 2.34. The lowest BCUT2D eigenvalue weighted by Gasteiger charge is -2.21. The minimum atomic E-state index is -0.412. The van der Waals surface area contributed by atoms with E-state index >= 15 is 0 Å². The van der Waals surface area contributed by atoms with Crippen molar-refractivity contribution in [3.05, 3.63) is 76.5 Å². The van der Waals surface area contributed by atoms with Gasteiger partial charge in [-0.15, -0.1) is 0 Å². The van der Waals surface area contributed by atoms with Gasteiger partial charge in [0.05, 0.1) is 24.2 Å². The summed E-state index contributed by atoms with van der Waals surface area (Å²) in [6.45, 7) is 0.406. The minimum Gasteiger partial charge on any atom is -0.463 e. The zero-order valence-corrected chi connectivity index (χ0v) is 13.5. The van der Waals surface area contributed by atoms with Crippen LogP contribution in [0.4, 0.5) is 0 Å². The number of carbonyl (C=O) groups excluding carboxylic acids is 1. The quantitative estimate of drug-likeness (QED) is 0.777. The fraction of sp³-hybridized carbons (Fsp3) is 0.211. The molecule has 1 aliphatic carbocycles. The Morgan fingerprint density at radius 2 is 2.08 bits per heavy atom. The first kappa shape index (κ1) is 15.4. The fourth-order valence-corrected chi connectivity index (χ4v) is 2.79. The highest BCUT2D eigenvalue weighted by Crippen LogP contribution is 2.29. The van der Waals surface area contributed by atoms with Crippen molar-refractivity contribution in [2.24, 2.45) is 0 Å². The predicted octanol–water partition coefficient (Wildman–Crippen LogP) is 2.83. The van der Waals surface area contributed by atoms with E-state index in [-0.39, 0.29) is 17.5 Å². The second kappa shape index (κ2) is 6.39. The van der Waals surface area contributed by atoms with Gasteiger partial charge in [0.25, 0.3) is 11.5 Å². The van der Waals surface area contributed by atoms with Gasteiger partial charge in [-0.05, 0) is 49.2 Å². The van der Waals surface area contributed by atoms with Crippen LogP contribution in [0.3, 0.4) is 0 Å². The van der Waals surface area contributed by atoms with Gasteiger partial charge in [-0.3, -0.25) is 14.6 Å². The molecule has 3 aromatic heterocycles. The number of hydrogen-bond acceptors (Lipinski definition) is 4. The van der Waals surface area contributed by atoms with Crippen LogP contribution in [0.15, 0.2) is 64.1 Å². The molecule has 6 heteroatoms. The van der Waals surface area contributed by atoms with Crippen molar-refractivity contribution >= 4 is 5.91 Å². The third kappa shape index (κ3) is 3.24. The Labute approximate surface area is 144 Å². The van der Waals surface area contributed by atoms with E-state index in [4.69, 9.17) is 4.42 Å². The van der Waals surface area contributed by atoms with Crippen molar-refractivity contribution in [1.29, 1.82) is 0 Å². The van der Waals surface area contributed by atoms with Gasteiger partial charge >= 0.3 is 0 Å². The summed E-state index contributed by atoms with van der Waals surface area (Å²) in [6.07, 6.45) is 5.16. The first-order valence-electron chi connectivity index (χ1n) is 8.20. The molecule has 4 rings (SSSR count). The lowest BCUT2D eigenvalue weighted by Crippen LogP contribution is -2.36. The summed E-state index contributed by atoms with van der Waals surface area (Å²) in [7, 11) is 0. The molecule has 0 spiro atoms. The highest BCUT2D eigenvalue weighted by atomic mass is 16.3. The minimum absolute atomic E-state index is 0.137. The van der Waals surface area contributed by atoms with Gasteiger partial charge in [0.1, 0.15) is 11.3 Å². The molecule has 1 aliphatic rings. The molecule has 1 fully saturated rings. The zero-order valence-electron chi connectivity index (χ0n) is 13.5.